The summed E-state index contributed by atoms with van der Waals surface area (Å²) in [4.78, 5) is 16.9. The van der Waals surface area contributed by atoms with Crippen LogP contribution in [0.1, 0.15) is 61.8 Å². The van der Waals surface area contributed by atoms with E-state index in [-0.39, 0.29) is 5.91 Å². The first kappa shape index (κ1) is 13.3. The van der Waals surface area contributed by atoms with Crippen molar-refractivity contribution in [2.24, 2.45) is 11.3 Å². The largest absolute Gasteiger partial charge is 0.352 e. The summed E-state index contributed by atoms with van der Waals surface area (Å²) in [6.45, 7) is 0.645. The highest BCUT2D eigenvalue weighted by Gasteiger charge is 2.57. The predicted octanol–water partition coefficient (Wildman–Crippen LogP) is 3.16. The first-order chi connectivity index (χ1) is 10.3. The number of hydrogen-bond donors (Lipinski definition) is 1. The first-order valence-corrected chi connectivity index (χ1v) is 8.51. The van der Waals surface area contributed by atoms with Gasteiger partial charge in [0.05, 0.1) is 0 Å². The highest BCUT2D eigenvalue weighted by molar-refractivity contribution is 5.82. The number of nitrogens with zero attached hydrogens (tertiary/aromatic N) is 1. The smallest absolute Gasteiger partial charge is 0.223 e. The standard InChI is InChI=1S/C18H24N2O/c21-17(15-10-18(15)7-2-1-3-8-18)20-12-13-9-14-5-4-6-16(14)19-11-13/h9,11,15H,1-8,10,12H2,(H,20,21)/t15-/m0/s1. The lowest BCUT2D eigenvalue weighted by Crippen LogP contribution is -2.27. The van der Waals surface area contributed by atoms with Crippen LogP contribution in [0.5, 0.6) is 0 Å². The molecule has 3 nitrogen and oxygen atoms in total. The first-order valence-electron chi connectivity index (χ1n) is 8.51. The SMILES string of the molecule is O=C(NCc1cnc2c(c1)CCC2)[C@@H]1CC12CCCCC2. The number of aromatic nitrogens is 1. The number of aryl methyl sites for hydroxylation is 2. The van der Waals surface area contributed by atoms with Crippen molar-refractivity contribution >= 4 is 5.91 Å². The zero-order valence-corrected chi connectivity index (χ0v) is 12.7. The van der Waals surface area contributed by atoms with E-state index in [1.165, 1.54) is 49.8 Å². The molecule has 4 rings (SSSR count). The van der Waals surface area contributed by atoms with Crippen molar-refractivity contribution < 1.29 is 4.79 Å². The Morgan fingerprint density at radius 3 is 2.95 bits per heavy atom. The molecule has 112 valence electrons. The minimum atomic E-state index is 0.275. The van der Waals surface area contributed by atoms with Gasteiger partial charge < -0.3 is 5.32 Å². The number of carbonyl (C=O) groups is 1. The Morgan fingerprint density at radius 1 is 1.24 bits per heavy atom. The van der Waals surface area contributed by atoms with Gasteiger partial charge in [-0.25, -0.2) is 0 Å². The highest BCUT2D eigenvalue weighted by Crippen LogP contribution is 2.61. The molecular formula is C18H24N2O. The normalized spacial score (nSPS) is 25.6. The fraction of sp³-hybridized carbons (Fsp3) is 0.667. The molecule has 0 unspecified atom stereocenters. The van der Waals surface area contributed by atoms with E-state index in [0.717, 1.165) is 24.8 Å². The summed E-state index contributed by atoms with van der Waals surface area (Å²) in [7, 11) is 0. The quantitative estimate of drug-likeness (QED) is 0.926. The molecule has 3 aliphatic carbocycles. The average Bonchev–Trinajstić information content (AvgIpc) is 2.99. The van der Waals surface area contributed by atoms with E-state index in [1.807, 2.05) is 6.20 Å². The van der Waals surface area contributed by atoms with E-state index < -0.39 is 0 Å². The third-order valence-corrected chi connectivity index (χ3v) is 5.80. The van der Waals surface area contributed by atoms with Crippen LogP contribution in [-0.2, 0) is 24.2 Å². The molecule has 3 aliphatic rings. The van der Waals surface area contributed by atoms with Gasteiger partial charge in [-0.15, -0.1) is 0 Å². The van der Waals surface area contributed by atoms with E-state index in [2.05, 4.69) is 16.4 Å². The van der Waals surface area contributed by atoms with Crippen molar-refractivity contribution in [2.75, 3.05) is 0 Å². The molecule has 1 heterocycles. The number of carbonyl (C=O) groups excluding carboxylic acids is 1. The third-order valence-electron chi connectivity index (χ3n) is 5.80. The predicted molar refractivity (Wildman–Crippen MR) is 81.7 cm³/mol. The minimum absolute atomic E-state index is 0.275. The number of pyridine rings is 1. The van der Waals surface area contributed by atoms with Crippen LogP contribution in [0.2, 0.25) is 0 Å². The van der Waals surface area contributed by atoms with Crippen LogP contribution in [0.25, 0.3) is 0 Å². The molecule has 2 fully saturated rings. The van der Waals surface area contributed by atoms with Crippen molar-refractivity contribution in [3.8, 4) is 0 Å². The maximum atomic E-state index is 12.4. The Kier molecular flexibility index (Phi) is 3.24. The minimum Gasteiger partial charge on any atom is -0.352 e. The van der Waals surface area contributed by atoms with E-state index >= 15 is 0 Å². The molecule has 21 heavy (non-hydrogen) atoms. The Hall–Kier alpha value is -1.38. The van der Waals surface area contributed by atoms with Crippen molar-refractivity contribution in [2.45, 2.75) is 64.3 Å². The van der Waals surface area contributed by atoms with Crippen molar-refractivity contribution in [3.63, 3.8) is 0 Å². The van der Waals surface area contributed by atoms with Crippen molar-refractivity contribution in [1.29, 1.82) is 0 Å². The van der Waals surface area contributed by atoms with E-state index in [0.29, 0.717) is 17.9 Å². The summed E-state index contributed by atoms with van der Waals surface area (Å²) in [5.74, 6) is 0.567. The van der Waals surface area contributed by atoms with Gasteiger partial charge >= 0.3 is 0 Å². The zero-order valence-electron chi connectivity index (χ0n) is 12.7. The Bertz CT molecular complexity index is 560. The molecule has 1 spiro atoms. The second kappa shape index (κ2) is 5.11. The molecule has 2 saturated carbocycles. The number of amides is 1. The Labute approximate surface area is 126 Å². The van der Waals surface area contributed by atoms with Crippen LogP contribution >= 0.6 is 0 Å². The zero-order chi connectivity index (χ0) is 14.3. The summed E-state index contributed by atoms with van der Waals surface area (Å²) >= 11 is 0. The molecule has 3 heteroatoms. The Morgan fingerprint density at radius 2 is 2.10 bits per heavy atom. The highest BCUT2D eigenvalue weighted by atomic mass is 16.2. The summed E-state index contributed by atoms with van der Waals surface area (Å²) in [5.41, 5.74) is 4.19. The molecule has 0 radical (unpaired) electrons. The van der Waals surface area contributed by atoms with Crippen LogP contribution < -0.4 is 5.32 Å². The second-order valence-corrected chi connectivity index (χ2v) is 7.20. The summed E-state index contributed by atoms with van der Waals surface area (Å²) in [6.07, 6.45) is 13.1. The molecule has 0 aliphatic heterocycles. The van der Waals surface area contributed by atoms with Crippen LogP contribution in [0, 0.1) is 11.3 Å². The van der Waals surface area contributed by atoms with E-state index in [1.54, 1.807) is 0 Å². The fourth-order valence-electron chi connectivity index (χ4n) is 4.41. The summed E-state index contributed by atoms with van der Waals surface area (Å²) in [6, 6.07) is 2.24. The van der Waals surface area contributed by atoms with Gasteiger partial charge in [-0.1, -0.05) is 25.3 Å². The maximum Gasteiger partial charge on any atom is 0.223 e. The van der Waals surface area contributed by atoms with Gasteiger partial charge in [-0.05, 0) is 55.1 Å². The molecule has 1 atom stereocenters. The van der Waals surface area contributed by atoms with Gasteiger partial charge in [0.2, 0.25) is 5.91 Å². The number of fused-ring (bicyclic) bond motifs is 1. The van der Waals surface area contributed by atoms with Crippen LogP contribution in [0.15, 0.2) is 12.3 Å². The lowest BCUT2D eigenvalue weighted by atomic mass is 9.84. The number of nitrogens with one attached hydrogen (secondary N) is 1. The lowest BCUT2D eigenvalue weighted by Gasteiger charge is -2.22. The van der Waals surface area contributed by atoms with Crippen LogP contribution in [0.4, 0.5) is 0 Å². The monoisotopic (exact) mass is 284 g/mol. The molecule has 1 aromatic heterocycles. The number of rotatable bonds is 3. The molecule has 0 aromatic carbocycles. The van der Waals surface area contributed by atoms with Crippen LogP contribution in [-0.4, -0.2) is 10.9 Å². The van der Waals surface area contributed by atoms with E-state index in [9.17, 15) is 4.79 Å². The van der Waals surface area contributed by atoms with Crippen molar-refractivity contribution in [3.05, 3.63) is 29.1 Å². The molecule has 1 N–H and O–H groups in total. The topological polar surface area (TPSA) is 42.0 Å². The number of hydrogen-bond acceptors (Lipinski definition) is 2. The fourth-order valence-corrected chi connectivity index (χ4v) is 4.41. The summed E-state index contributed by atoms with van der Waals surface area (Å²) in [5, 5.41) is 3.14. The Balaban J connectivity index is 1.34. The molecular weight excluding hydrogens is 260 g/mol. The molecule has 1 aromatic rings. The average molecular weight is 284 g/mol. The van der Waals surface area contributed by atoms with Gasteiger partial charge in [0, 0.05) is 24.4 Å². The molecule has 0 saturated heterocycles. The van der Waals surface area contributed by atoms with Gasteiger partial charge in [-0.2, -0.15) is 0 Å². The van der Waals surface area contributed by atoms with Crippen LogP contribution in [0.3, 0.4) is 0 Å². The maximum absolute atomic E-state index is 12.4. The van der Waals surface area contributed by atoms with E-state index in [4.69, 9.17) is 0 Å². The van der Waals surface area contributed by atoms with Crippen molar-refractivity contribution in [1.82, 2.24) is 10.3 Å². The third kappa shape index (κ3) is 2.47. The van der Waals surface area contributed by atoms with Gasteiger partial charge in [-0.3, -0.25) is 9.78 Å². The second-order valence-electron chi connectivity index (χ2n) is 7.20. The summed E-state index contributed by atoms with van der Waals surface area (Å²) < 4.78 is 0. The molecule has 0 bridgehead atoms. The lowest BCUT2D eigenvalue weighted by molar-refractivity contribution is -0.123. The van der Waals surface area contributed by atoms with Gasteiger partial charge in [0.15, 0.2) is 0 Å². The van der Waals surface area contributed by atoms with Gasteiger partial charge in [0.1, 0.15) is 0 Å². The molecule has 1 amide bonds. The van der Waals surface area contributed by atoms with Gasteiger partial charge in [0.25, 0.3) is 0 Å².